The Kier molecular flexibility index (Phi) is 5.04. The standard InChI is InChI=1S/C15H20ClN3O/c1-4-17-15-6-5-13(16)14(18-15)10-19(3)9-12-7-8-20-11(12)2/h5-8H,4,9-10H2,1-3H3,(H,17,18). The zero-order valence-corrected chi connectivity index (χ0v) is 12.9. The Balaban J connectivity index is 2.05. The summed E-state index contributed by atoms with van der Waals surface area (Å²) in [6, 6.07) is 5.78. The maximum atomic E-state index is 6.22. The fraction of sp³-hybridized carbons (Fsp3) is 0.400. The minimum Gasteiger partial charge on any atom is -0.469 e. The quantitative estimate of drug-likeness (QED) is 0.882. The first-order chi connectivity index (χ1) is 9.60. The zero-order valence-electron chi connectivity index (χ0n) is 12.1. The van der Waals surface area contributed by atoms with Gasteiger partial charge in [0.1, 0.15) is 11.6 Å². The molecule has 0 aliphatic rings. The van der Waals surface area contributed by atoms with Crippen molar-refractivity contribution in [1.29, 1.82) is 0 Å². The number of nitrogens with one attached hydrogen (secondary N) is 1. The number of rotatable bonds is 6. The number of furan rings is 1. The zero-order chi connectivity index (χ0) is 14.5. The Morgan fingerprint density at radius 1 is 1.30 bits per heavy atom. The minimum absolute atomic E-state index is 0.697. The van der Waals surface area contributed by atoms with Crippen molar-refractivity contribution in [2.75, 3.05) is 18.9 Å². The molecule has 0 saturated heterocycles. The van der Waals surface area contributed by atoms with E-state index in [0.717, 1.165) is 30.4 Å². The summed E-state index contributed by atoms with van der Waals surface area (Å²) in [6.45, 7) is 6.37. The van der Waals surface area contributed by atoms with Gasteiger partial charge in [-0.25, -0.2) is 4.98 Å². The van der Waals surface area contributed by atoms with Gasteiger partial charge in [0.25, 0.3) is 0 Å². The molecule has 0 spiro atoms. The lowest BCUT2D eigenvalue weighted by Crippen LogP contribution is -2.18. The summed E-state index contributed by atoms with van der Waals surface area (Å²) < 4.78 is 5.31. The van der Waals surface area contributed by atoms with Crippen LogP contribution in [-0.2, 0) is 13.1 Å². The lowest BCUT2D eigenvalue weighted by Gasteiger charge is -2.17. The summed E-state index contributed by atoms with van der Waals surface area (Å²) in [6.07, 6.45) is 1.72. The number of hydrogen-bond donors (Lipinski definition) is 1. The Hall–Kier alpha value is -1.52. The highest BCUT2D eigenvalue weighted by molar-refractivity contribution is 6.31. The highest BCUT2D eigenvalue weighted by atomic mass is 35.5. The average Bonchev–Trinajstić information content (AvgIpc) is 2.79. The highest BCUT2D eigenvalue weighted by Crippen LogP contribution is 2.19. The molecule has 0 fully saturated rings. The Morgan fingerprint density at radius 3 is 2.75 bits per heavy atom. The van der Waals surface area contributed by atoms with Gasteiger partial charge in [0, 0.05) is 25.2 Å². The summed E-state index contributed by atoms with van der Waals surface area (Å²) in [5, 5.41) is 3.90. The smallest absolute Gasteiger partial charge is 0.126 e. The molecule has 0 aromatic carbocycles. The van der Waals surface area contributed by atoms with Gasteiger partial charge >= 0.3 is 0 Å². The SMILES string of the molecule is CCNc1ccc(Cl)c(CN(C)Cc2ccoc2C)n1. The molecule has 0 radical (unpaired) electrons. The number of nitrogens with zero attached hydrogens (tertiary/aromatic N) is 2. The van der Waals surface area contributed by atoms with Crippen LogP contribution in [0.2, 0.25) is 5.02 Å². The second-order valence-corrected chi connectivity index (χ2v) is 5.24. The van der Waals surface area contributed by atoms with Crippen LogP contribution in [0.15, 0.2) is 28.9 Å². The largest absolute Gasteiger partial charge is 0.469 e. The summed E-state index contributed by atoms with van der Waals surface area (Å²) in [4.78, 5) is 6.71. The van der Waals surface area contributed by atoms with Crippen molar-refractivity contribution >= 4 is 17.4 Å². The number of anilines is 1. The van der Waals surface area contributed by atoms with Gasteiger partial charge in [0.15, 0.2) is 0 Å². The first-order valence-corrected chi connectivity index (χ1v) is 7.08. The molecule has 5 heteroatoms. The monoisotopic (exact) mass is 293 g/mol. The summed E-state index contributed by atoms with van der Waals surface area (Å²) in [5.74, 6) is 1.82. The Bertz CT molecular complexity index is 568. The molecule has 1 N–H and O–H groups in total. The van der Waals surface area contributed by atoms with E-state index < -0.39 is 0 Å². The van der Waals surface area contributed by atoms with Gasteiger partial charge in [-0.2, -0.15) is 0 Å². The predicted octanol–water partition coefficient (Wildman–Crippen LogP) is 3.70. The van der Waals surface area contributed by atoms with Crippen LogP contribution in [0, 0.1) is 6.92 Å². The molecule has 0 bridgehead atoms. The second kappa shape index (κ2) is 6.77. The van der Waals surface area contributed by atoms with Crippen LogP contribution < -0.4 is 5.32 Å². The van der Waals surface area contributed by atoms with E-state index >= 15 is 0 Å². The maximum absolute atomic E-state index is 6.22. The normalized spacial score (nSPS) is 11.1. The molecule has 0 unspecified atom stereocenters. The molecular weight excluding hydrogens is 274 g/mol. The fourth-order valence-electron chi connectivity index (χ4n) is 2.05. The van der Waals surface area contributed by atoms with Crippen LogP contribution in [-0.4, -0.2) is 23.5 Å². The van der Waals surface area contributed by atoms with E-state index in [1.807, 2.05) is 39.1 Å². The van der Waals surface area contributed by atoms with E-state index in [1.165, 1.54) is 5.56 Å². The van der Waals surface area contributed by atoms with E-state index in [2.05, 4.69) is 15.2 Å². The van der Waals surface area contributed by atoms with Crippen molar-refractivity contribution in [2.24, 2.45) is 0 Å². The topological polar surface area (TPSA) is 41.3 Å². The number of pyridine rings is 1. The van der Waals surface area contributed by atoms with Crippen LogP contribution in [0.1, 0.15) is 23.9 Å². The van der Waals surface area contributed by atoms with Crippen molar-refractivity contribution in [3.8, 4) is 0 Å². The van der Waals surface area contributed by atoms with Crippen molar-refractivity contribution in [1.82, 2.24) is 9.88 Å². The number of halogens is 1. The van der Waals surface area contributed by atoms with Gasteiger partial charge in [-0.1, -0.05) is 11.6 Å². The predicted molar refractivity (Wildman–Crippen MR) is 82.0 cm³/mol. The number of aromatic nitrogens is 1. The number of hydrogen-bond acceptors (Lipinski definition) is 4. The first kappa shape index (κ1) is 14.9. The molecule has 108 valence electrons. The molecular formula is C15H20ClN3O. The van der Waals surface area contributed by atoms with Gasteiger partial charge in [-0.3, -0.25) is 4.90 Å². The van der Waals surface area contributed by atoms with Crippen LogP contribution in [0.3, 0.4) is 0 Å². The molecule has 2 heterocycles. The Labute approximate surface area is 124 Å². The third-order valence-corrected chi connectivity index (χ3v) is 3.45. The molecule has 20 heavy (non-hydrogen) atoms. The van der Waals surface area contributed by atoms with Gasteiger partial charge in [0.05, 0.1) is 17.0 Å². The van der Waals surface area contributed by atoms with Gasteiger partial charge < -0.3 is 9.73 Å². The van der Waals surface area contributed by atoms with E-state index in [9.17, 15) is 0 Å². The van der Waals surface area contributed by atoms with Crippen LogP contribution in [0.4, 0.5) is 5.82 Å². The summed E-state index contributed by atoms with van der Waals surface area (Å²) in [7, 11) is 2.05. The fourth-order valence-corrected chi connectivity index (χ4v) is 2.22. The van der Waals surface area contributed by atoms with Crippen LogP contribution in [0.25, 0.3) is 0 Å². The lowest BCUT2D eigenvalue weighted by atomic mass is 10.2. The van der Waals surface area contributed by atoms with Crippen LogP contribution in [0.5, 0.6) is 0 Å². The van der Waals surface area contributed by atoms with E-state index in [1.54, 1.807) is 6.26 Å². The first-order valence-electron chi connectivity index (χ1n) is 6.71. The van der Waals surface area contributed by atoms with Crippen molar-refractivity contribution in [3.05, 3.63) is 46.5 Å². The molecule has 0 aliphatic carbocycles. The van der Waals surface area contributed by atoms with Crippen molar-refractivity contribution in [3.63, 3.8) is 0 Å². The highest BCUT2D eigenvalue weighted by Gasteiger charge is 2.10. The summed E-state index contributed by atoms with van der Waals surface area (Å²) in [5.41, 5.74) is 2.07. The second-order valence-electron chi connectivity index (χ2n) is 4.83. The molecule has 2 aromatic heterocycles. The molecule has 0 saturated carbocycles. The molecule has 2 aromatic rings. The Morgan fingerprint density at radius 2 is 2.10 bits per heavy atom. The summed E-state index contributed by atoms with van der Waals surface area (Å²) >= 11 is 6.22. The van der Waals surface area contributed by atoms with Gasteiger partial charge in [0.2, 0.25) is 0 Å². The van der Waals surface area contributed by atoms with Gasteiger partial charge in [-0.15, -0.1) is 0 Å². The lowest BCUT2D eigenvalue weighted by molar-refractivity contribution is 0.312. The van der Waals surface area contributed by atoms with Gasteiger partial charge in [-0.05, 0) is 39.1 Å². The van der Waals surface area contributed by atoms with Crippen LogP contribution >= 0.6 is 11.6 Å². The molecule has 4 nitrogen and oxygen atoms in total. The molecule has 0 aliphatic heterocycles. The van der Waals surface area contributed by atoms with E-state index in [0.29, 0.717) is 11.6 Å². The molecule has 0 atom stereocenters. The van der Waals surface area contributed by atoms with Crippen molar-refractivity contribution < 1.29 is 4.42 Å². The van der Waals surface area contributed by atoms with E-state index in [-0.39, 0.29) is 0 Å². The third kappa shape index (κ3) is 3.74. The van der Waals surface area contributed by atoms with E-state index in [4.69, 9.17) is 16.0 Å². The average molecular weight is 294 g/mol. The molecule has 0 amide bonds. The number of aryl methyl sites for hydroxylation is 1. The molecule has 2 rings (SSSR count). The minimum atomic E-state index is 0.697. The maximum Gasteiger partial charge on any atom is 0.126 e. The third-order valence-electron chi connectivity index (χ3n) is 3.10. The van der Waals surface area contributed by atoms with Crippen molar-refractivity contribution in [2.45, 2.75) is 26.9 Å².